The molecular weight excluding hydrogens is 538 g/mol. The van der Waals surface area contributed by atoms with E-state index in [1.54, 1.807) is 30.3 Å². The molecule has 1 aliphatic rings. The number of fused-ring (bicyclic) bond motifs is 1. The first-order valence-corrected chi connectivity index (χ1v) is 14.6. The average molecular weight is 568 g/mol. The van der Waals surface area contributed by atoms with Crippen LogP contribution in [0.25, 0.3) is 0 Å². The monoisotopic (exact) mass is 567 g/mol. The zero-order valence-corrected chi connectivity index (χ0v) is 23.1. The van der Waals surface area contributed by atoms with Crippen molar-refractivity contribution in [3.05, 3.63) is 101 Å². The minimum absolute atomic E-state index is 0.0249. The molecule has 0 fully saturated rings. The van der Waals surface area contributed by atoms with Crippen LogP contribution >= 0.6 is 11.6 Å². The van der Waals surface area contributed by atoms with Crippen molar-refractivity contribution >= 4 is 39.3 Å². The van der Waals surface area contributed by atoms with E-state index in [2.05, 4.69) is 5.32 Å². The van der Waals surface area contributed by atoms with Crippen LogP contribution in [0.2, 0.25) is 5.02 Å². The summed E-state index contributed by atoms with van der Waals surface area (Å²) in [6, 6.07) is 21.8. The summed E-state index contributed by atoms with van der Waals surface area (Å²) in [5.41, 5.74) is 1.78. The van der Waals surface area contributed by atoms with Crippen LogP contribution in [0.4, 0.5) is 0 Å². The third-order valence-corrected chi connectivity index (χ3v) is 8.60. The maximum absolute atomic E-state index is 13.7. The molecule has 39 heavy (non-hydrogen) atoms. The molecule has 1 aliphatic heterocycles. The molecule has 204 valence electrons. The third kappa shape index (κ3) is 6.49. The standard InChI is InChI=1S/C29H30ClN3O5S/c1-2-31-28(35)25(19-21-10-4-3-5-11-21)32(20-22-12-8-13-23(30)18-22)27(34)16-9-17-33-29(36)24-14-6-7-15-26(24)39(33,37)38/h3-8,10-15,18,25H,2,9,16-17,19-20H2,1H3,(H,31,35). The zero-order chi connectivity index (χ0) is 28.0. The summed E-state index contributed by atoms with van der Waals surface area (Å²) >= 11 is 6.19. The lowest BCUT2D eigenvalue weighted by Gasteiger charge is -2.31. The van der Waals surface area contributed by atoms with Gasteiger partial charge in [-0.2, -0.15) is 0 Å². The molecule has 1 N–H and O–H groups in total. The Hall–Kier alpha value is -3.69. The van der Waals surface area contributed by atoms with E-state index in [1.165, 1.54) is 17.0 Å². The van der Waals surface area contributed by atoms with Gasteiger partial charge in [-0.15, -0.1) is 0 Å². The Kier molecular flexibility index (Phi) is 9.04. The van der Waals surface area contributed by atoms with Crippen LogP contribution in [0.1, 0.15) is 41.3 Å². The van der Waals surface area contributed by atoms with Gasteiger partial charge in [0.15, 0.2) is 0 Å². The van der Waals surface area contributed by atoms with Crippen LogP contribution in [-0.2, 0) is 32.6 Å². The Labute approximate surface area is 233 Å². The Morgan fingerprint density at radius 3 is 2.36 bits per heavy atom. The number of rotatable bonds is 11. The fraction of sp³-hybridized carbons (Fsp3) is 0.276. The van der Waals surface area contributed by atoms with Crippen molar-refractivity contribution < 1.29 is 22.8 Å². The number of nitrogens with zero attached hydrogens (tertiary/aromatic N) is 2. The highest BCUT2D eigenvalue weighted by atomic mass is 35.5. The first-order chi connectivity index (χ1) is 18.7. The van der Waals surface area contributed by atoms with E-state index in [9.17, 15) is 22.8 Å². The fourth-order valence-electron chi connectivity index (χ4n) is 4.65. The van der Waals surface area contributed by atoms with E-state index in [-0.39, 0.29) is 48.2 Å². The lowest BCUT2D eigenvalue weighted by molar-refractivity contribution is -0.141. The van der Waals surface area contributed by atoms with Gasteiger partial charge in [-0.3, -0.25) is 14.4 Å². The maximum Gasteiger partial charge on any atom is 0.269 e. The number of amides is 3. The topological polar surface area (TPSA) is 104 Å². The van der Waals surface area contributed by atoms with Gasteiger partial charge in [0.05, 0.1) is 5.56 Å². The molecule has 3 aromatic carbocycles. The molecular formula is C29H30ClN3O5S. The molecule has 0 spiro atoms. The van der Waals surface area contributed by atoms with Gasteiger partial charge in [-0.1, -0.05) is 66.2 Å². The Bertz CT molecular complexity index is 1460. The molecule has 0 saturated carbocycles. The van der Waals surface area contributed by atoms with Crippen molar-refractivity contribution in [3.63, 3.8) is 0 Å². The van der Waals surface area contributed by atoms with Crippen LogP contribution in [0.5, 0.6) is 0 Å². The number of hydrogen-bond acceptors (Lipinski definition) is 5. The van der Waals surface area contributed by atoms with Gasteiger partial charge in [-0.25, -0.2) is 12.7 Å². The Morgan fingerprint density at radius 1 is 0.974 bits per heavy atom. The predicted molar refractivity (Wildman–Crippen MR) is 149 cm³/mol. The minimum atomic E-state index is -3.96. The predicted octanol–water partition coefficient (Wildman–Crippen LogP) is 4.04. The second kappa shape index (κ2) is 12.4. The number of carbonyl (C=O) groups is 3. The van der Waals surface area contributed by atoms with Crippen LogP contribution < -0.4 is 5.32 Å². The van der Waals surface area contributed by atoms with Gasteiger partial charge in [0.1, 0.15) is 10.9 Å². The van der Waals surface area contributed by atoms with Gasteiger partial charge in [0.2, 0.25) is 11.8 Å². The smallest absolute Gasteiger partial charge is 0.269 e. The van der Waals surface area contributed by atoms with Crippen LogP contribution in [0.15, 0.2) is 83.8 Å². The van der Waals surface area contributed by atoms with E-state index < -0.39 is 22.0 Å². The first kappa shape index (κ1) is 28.3. The normalized spacial score (nSPS) is 14.5. The molecule has 3 amide bonds. The van der Waals surface area contributed by atoms with Gasteiger partial charge in [0.25, 0.3) is 15.9 Å². The number of carbonyl (C=O) groups excluding carboxylic acids is 3. The van der Waals surface area contributed by atoms with E-state index >= 15 is 0 Å². The third-order valence-electron chi connectivity index (χ3n) is 6.53. The van der Waals surface area contributed by atoms with Gasteiger partial charge in [0, 0.05) is 37.5 Å². The van der Waals surface area contributed by atoms with Crippen LogP contribution in [0, 0.1) is 0 Å². The largest absolute Gasteiger partial charge is 0.355 e. The summed E-state index contributed by atoms with van der Waals surface area (Å²) in [5, 5.41) is 3.34. The second-order valence-electron chi connectivity index (χ2n) is 9.23. The highest BCUT2D eigenvalue weighted by Gasteiger charge is 2.40. The maximum atomic E-state index is 13.7. The molecule has 8 nitrogen and oxygen atoms in total. The zero-order valence-electron chi connectivity index (χ0n) is 21.5. The van der Waals surface area contributed by atoms with E-state index in [0.717, 1.165) is 15.4 Å². The molecule has 1 heterocycles. The number of benzene rings is 3. The molecule has 1 unspecified atom stereocenters. The summed E-state index contributed by atoms with van der Waals surface area (Å²) in [6.07, 6.45) is 0.353. The fourth-order valence-corrected chi connectivity index (χ4v) is 6.47. The van der Waals surface area contributed by atoms with Crippen molar-refractivity contribution in [1.82, 2.24) is 14.5 Å². The first-order valence-electron chi connectivity index (χ1n) is 12.7. The molecule has 0 bridgehead atoms. The van der Waals surface area contributed by atoms with Crippen LogP contribution in [0.3, 0.4) is 0 Å². The van der Waals surface area contributed by atoms with Gasteiger partial charge < -0.3 is 10.2 Å². The highest BCUT2D eigenvalue weighted by molar-refractivity contribution is 7.90. The summed E-state index contributed by atoms with van der Waals surface area (Å²) < 4.78 is 26.6. The molecule has 1 atom stereocenters. The summed E-state index contributed by atoms with van der Waals surface area (Å²) in [5.74, 6) is -1.22. The van der Waals surface area contributed by atoms with Crippen molar-refractivity contribution in [3.8, 4) is 0 Å². The summed E-state index contributed by atoms with van der Waals surface area (Å²) in [4.78, 5) is 41.1. The van der Waals surface area contributed by atoms with Crippen molar-refractivity contribution in [2.75, 3.05) is 13.1 Å². The van der Waals surface area contributed by atoms with Gasteiger partial charge >= 0.3 is 0 Å². The lowest BCUT2D eigenvalue weighted by Crippen LogP contribution is -2.50. The highest BCUT2D eigenvalue weighted by Crippen LogP contribution is 2.30. The molecule has 0 saturated heterocycles. The second-order valence-corrected chi connectivity index (χ2v) is 11.5. The van der Waals surface area contributed by atoms with Gasteiger partial charge in [-0.05, 0) is 48.7 Å². The Balaban J connectivity index is 1.55. The minimum Gasteiger partial charge on any atom is -0.355 e. The number of hydrogen-bond donors (Lipinski definition) is 1. The Morgan fingerprint density at radius 2 is 1.67 bits per heavy atom. The van der Waals surface area contributed by atoms with Crippen LogP contribution in [-0.4, -0.2) is 54.5 Å². The van der Waals surface area contributed by atoms with Crippen molar-refractivity contribution in [2.24, 2.45) is 0 Å². The number of nitrogens with one attached hydrogen (secondary N) is 1. The SMILES string of the molecule is CCNC(=O)C(Cc1ccccc1)N(Cc1cccc(Cl)c1)C(=O)CCCN1C(=O)c2ccccc2S1(=O)=O. The summed E-state index contributed by atoms with van der Waals surface area (Å²) in [7, 11) is -3.96. The van der Waals surface area contributed by atoms with Crippen molar-refractivity contribution in [1.29, 1.82) is 0 Å². The molecule has 4 rings (SSSR count). The molecule has 0 radical (unpaired) electrons. The van der Waals surface area contributed by atoms with E-state index in [4.69, 9.17) is 11.6 Å². The van der Waals surface area contributed by atoms with Crippen molar-refractivity contribution in [2.45, 2.75) is 43.7 Å². The van der Waals surface area contributed by atoms with E-state index in [1.807, 2.05) is 43.3 Å². The summed E-state index contributed by atoms with van der Waals surface area (Å²) in [6.45, 7) is 2.21. The number of halogens is 1. The molecule has 0 aromatic heterocycles. The number of sulfonamides is 1. The quantitative estimate of drug-likeness (QED) is 0.377. The number of likely N-dealkylation sites (N-methyl/N-ethyl adjacent to an activating group) is 1. The average Bonchev–Trinajstić information content (AvgIpc) is 3.12. The van der Waals surface area contributed by atoms with E-state index in [0.29, 0.717) is 18.0 Å². The molecule has 0 aliphatic carbocycles. The molecule has 10 heteroatoms. The lowest BCUT2D eigenvalue weighted by atomic mass is 10.0. The molecule has 3 aromatic rings.